The molecule has 0 aliphatic carbocycles. The van der Waals surface area contributed by atoms with Crippen molar-refractivity contribution in [2.45, 2.75) is 13.2 Å². The Morgan fingerprint density at radius 1 is 0.545 bits per heavy atom. The average Bonchev–Trinajstić information content (AvgIpc) is 2.84. The predicted octanol–water partition coefficient (Wildman–Crippen LogP) is 7.14. The zero-order valence-corrected chi connectivity index (χ0v) is 19.1. The normalized spacial score (nSPS) is 10.4. The molecule has 1 radical (unpaired) electrons. The highest BCUT2D eigenvalue weighted by Crippen LogP contribution is 2.31. The summed E-state index contributed by atoms with van der Waals surface area (Å²) in [6.45, 7) is 0.865. The lowest BCUT2D eigenvalue weighted by molar-refractivity contribution is 0.306. The quantitative estimate of drug-likeness (QED) is 0.227. The van der Waals surface area contributed by atoms with Crippen molar-refractivity contribution in [1.82, 2.24) is 0 Å². The van der Waals surface area contributed by atoms with Crippen LogP contribution in [0.1, 0.15) is 11.1 Å². The summed E-state index contributed by atoms with van der Waals surface area (Å²) in [6.07, 6.45) is 0. The molecule has 0 unspecified atom stereocenters. The number of rotatable bonds is 10. The molecule has 165 valence electrons. The van der Waals surface area contributed by atoms with E-state index in [2.05, 4.69) is 0 Å². The van der Waals surface area contributed by atoms with E-state index in [0.29, 0.717) is 46.3 Å². The maximum atomic E-state index is 6.31. The SMILES string of the molecule is Clc1cc(O[B]Oc2ccc(OCc3ccccc3)c(Cl)c2)ccc1OCc1ccccc1. The van der Waals surface area contributed by atoms with Crippen molar-refractivity contribution in [2.24, 2.45) is 0 Å². The van der Waals surface area contributed by atoms with Gasteiger partial charge in [-0.2, -0.15) is 0 Å². The van der Waals surface area contributed by atoms with E-state index in [4.69, 9.17) is 42.0 Å². The summed E-state index contributed by atoms with van der Waals surface area (Å²) in [6, 6.07) is 30.1. The number of hydrogen-bond acceptors (Lipinski definition) is 4. The fraction of sp³-hybridized carbons (Fsp3) is 0.0769. The Balaban J connectivity index is 1.25. The Kier molecular flexibility index (Phi) is 8.02. The van der Waals surface area contributed by atoms with Crippen LogP contribution in [-0.2, 0) is 13.2 Å². The predicted molar refractivity (Wildman–Crippen MR) is 131 cm³/mol. The third kappa shape index (κ3) is 6.85. The van der Waals surface area contributed by atoms with Crippen LogP contribution in [0.15, 0.2) is 97.1 Å². The summed E-state index contributed by atoms with van der Waals surface area (Å²) in [4.78, 5) is 0. The molecule has 0 bridgehead atoms. The van der Waals surface area contributed by atoms with E-state index >= 15 is 0 Å². The monoisotopic (exact) mass is 477 g/mol. The van der Waals surface area contributed by atoms with E-state index in [1.807, 2.05) is 60.7 Å². The highest BCUT2D eigenvalue weighted by molar-refractivity contribution is 6.32. The molecule has 0 atom stereocenters. The summed E-state index contributed by atoms with van der Waals surface area (Å²) in [5.74, 6) is 2.18. The molecule has 0 aliphatic rings. The molecular formula is C26H20BCl2O4. The third-order valence-corrected chi connectivity index (χ3v) is 5.24. The fourth-order valence-electron chi connectivity index (χ4n) is 2.95. The van der Waals surface area contributed by atoms with Gasteiger partial charge in [0, 0.05) is 12.1 Å². The highest BCUT2D eigenvalue weighted by atomic mass is 35.5. The summed E-state index contributed by atoms with van der Waals surface area (Å²) in [5.41, 5.74) is 2.12. The molecule has 4 nitrogen and oxygen atoms in total. The molecular weight excluding hydrogens is 458 g/mol. The van der Waals surface area contributed by atoms with Gasteiger partial charge in [0.2, 0.25) is 0 Å². The van der Waals surface area contributed by atoms with Crippen LogP contribution in [0.3, 0.4) is 0 Å². The topological polar surface area (TPSA) is 36.9 Å². The van der Waals surface area contributed by atoms with Gasteiger partial charge in [0.05, 0.1) is 10.0 Å². The Bertz CT molecular complexity index is 1080. The molecule has 0 heterocycles. The van der Waals surface area contributed by atoms with Gasteiger partial charge in [0.1, 0.15) is 36.2 Å². The maximum absolute atomic E-state index is 6.31. The Hall–Kier alpha value is -3.28. The molecule has 0 fully saturated rings. The standard InChI is InChI=1S/C26H20BCl2O4/c28-23-15-21(11-13-25(23)30-17-19-7-3-1-4-8-19)32-27-33-22-12-14-26(24(29)16-22)31-18-20-9-5-2-6-10-20/h1-16H,17-18H2. The maximum Gasteiger partial charge on any atom is 0.658 e. The van der Waals surface area contributed by atoms with E-state index < -0.39 is 0 Å². The second-order valence-electron chi connectivity index (χ2n) is 7.06. The molecule has 0 saturated heterocycles. The van der Waals surface area contributed by atoms with Crippen molar-refractivity contribution < 1.29 is 18.8 Å². The van der Waals surface area contributed by atoms with Gasteiger partial charge in [-0.25, -0.2) is 0 Å². The van der Waals surface area contributed by atoms with Crippen LogP contribution in [0.2, 0.25) is 10.0 Å². The Morgan fingerprint density at radius 2 is 0.970 bits per heavy atom. The summed E-state index contributed by atoms with van der Waals surface area (Å²) < 4.78 is 22.6. The van der Waals surface area contributed by atoms with E-state index in [0.717, 1.165) is 11.1 Å². The lowest BCUT2D eigenvalue weighted by Crippen LogP contribution is -2.11. The third-order valence-electron chi connectivity index (χ3n) is 4.65. The van der Waals surface area contributed by atoms with Crippen molar-refractivity contribution >= 4 is 30.9 Å². The molecule has 0 spiro atoms. The number of ether oxygens (including phenoxy) is 2. The summed E-state index contributed by atoms with van der Waals surface area (Å²) in [5, 5.41) is 0.889. The van der Waals surface area contributed by atoms with Gasteiger partial charge in [-0.15, -0.1) is 0 Å². The molecule has 7 heteroatoms. The first-order valence-corrected chi connectivity index (χ1v) is 11.0. The van der Waals surface area contributed by atoms with Crippen LogP contribution in [0.4, 0.5) is 0 Å². The molecule has 33 heavy (non-hydrogen) atoms. The van der Waals surface area contributed by atoms with E-state index in [1.54, 1.807) is 36.4 Å². The van der Waals surface area contributed by atoms with Crippen LogP contribution in [-0.4, -0.2) is 7.69 Å². The molecule has 4 aromatic rings. The van der Waals surface area contributed by atoms with Gasteiger partial charge in [0.15, 0.2) is 0 Å². The smallest absolute Gasteiger partial charge is 0.526 e. The van der Waals surface area contributed by atoms with Gasteiger partial charge >= 0.3 is 7.69 Å². The minimum Gasteiger partial charge on any atom is -0.526 e. The highest BCUT2D eigenvalue weighted by Gasteiger charge is 2.09. The Morgan fingerprint density at radius 3 is 1.36 bits per heavy atom. The van der Waals surface area contributed by atoms with Crippen molar-refractivity contribution in [3.63, 3.8) is 0 Å². The van der Waals surface area contributed by atoms with Crippen molar-refractivity contribution in [3.8, 4) is 23.0 Å². The summed E-state index contributed by atoms with van der Waals surface area (Å²) >= 11 is 12.6. The second-order valence-corrected chi connectivity index (χ2v) is 7.88. The fourth-order valence-corrected chi connectivity index (χ4v) is 3.40. The molecule has 0 aliphatic heterocycles. The molecule has 4 aromatic carbocycles. The van der Waals surface area contributed by atoms with Gasteiger partial charge in [-0.1, -0.05) is 83.9 Å². The average molecular weight is 478 g/mol. The molecule has 0 N–H and O–H groups in total. The zero-order chi connectivity index (χ0) is 22.9. The number of halogens is 2. The minimum atomic E-state index is 0.432. The van der Waals surface area contributed by atoms with Gasteiger partial charge in [-0.3, -0.25) is 0 Å². The van der Waals surface area contributed by atoms with Crippen LogP contribution < -0.4 is 18.8 Å². The first-order valence-electron chi connectivity index (χ1n) is 10.2. The zero-order valence-electron chi connectivity index (χ0n) is 17.6. The van der Waals surface area contributed by atoms with E-state index in [1.165, 1.54) is 7.69 Å². The molecule has 4 rings (SSSR count). The van der Waals surface area contributed by atoms with Crippen LogP contribution in [0.5, 0.6) is 23.0 Å². The van der Waals surface area contributed by atoms with Gasteiger partial charge in [-0.05, 0) is 35.4 Å². The number of hydrogen-bond donors (Lipinski definition) is 0. The molecule has 0 aromatic heterocycles. The lowest BCUT2D eigenvalue weighted by Gasteiger charge is -2.12. The van der Waals surface area contributed by atoms with Crippen LogP contribution >= 0.6 is 23.2 Å². The molecule has 0 amide bonds. The Labute approximate surface area is 203 Å². The van der Waals surface area contributed by atoms with E-state index in [9.17, 15) is 0 Å². The lowest BCUT2D eigenvalue weighted by atomic mass is 10.2. The first-order chi connectivity index (χ1) is 16.2. The van der Waals surface area contributed by atoms with Crippen molar-refractivity contribution in [1.29, 1.82) is 0 Å². The van der Waals surface area contributed by atoms with Crippen molar-refractivity contribution in [2.75, 3.05) is 0 Å². The first kappa shape index (κ1) is 22.9. The van der Waals surface area contributed by atoms with Crippen LogP contribution in [0, 0.1) is 0 Å². The number of benzene rings is 4. The van der Waals surface area contributed by atoms with Gasteiger partial charge in [0.25, 0.3) is 0 Å². The van der Waals surface area contributed by atoms with Crippen LogP contribution in [0.25, 0.3) is 0 Å². The van der Waals surface area contributed by atoms with Gasteiger partial charge < -0.3 is 18.8 Å². The van der Waals surface area contributed by atoms with E-state index in [-0.39, 0.29) is 0 Å². The molecule has 0 saturated carbocycles. The van der Waals surface area contributed by atoms with Crippen molar-refractivity contribution in [3.05, 3.63) is 118 Å². The largest absolute Gasteiger partial charge is 0.658 e. The second kappa shape index (κ2) is 11.5. The minimum absolute atomic E-state index is 0.432. The summed E-state index contributed by atoms with van der Waals surface area (Å²) in [7, 11) is 1.21.